The molecule has 5 nitrogen and oxygen atoms in total. The third-order valence-corrected chi connectivity index (χ3v) is 5.32. The molecule has 0 saturated heterocycles. The van der Waals surface area contributed by atoms with Gasteiger partial charge in [-0.05, 0) is 43.2 Å². The number of hydrogen-bond donors (Lipinski definition) is 1. The van der Waals surface area contributed by atoms with Crippen molar-refractivity contribution in [3.8, 4) is 10.8 Å². The highest BCUT2D eigenvalue weighted by Crippen LogP contribution is 2.48. The molecule has 20 heavy (non-hydrogen) atoms. The molecule has 6 heteroatoms. The van der Waals surface area contributed by atoms with Crippen LogP contribution >= 0.6 is 11.3 Å². The van der Waals surface area contributed by atoms with Gasteiger partial charge in [-0.15, -0.1) is 10.2 Å². The van der Waals surface area contributed by atoms with Gasteiger partial charge in [-0.25, -0.2) is 0 Å². The lowest BCUT2D eigenvalue weighted by Crippen LogP contribution is -2.27. The molecule has 3 atom stereocenters. The molecule has 2 heterocycles. The summed E-state index contributed by atoms with van der Waals surface area (Å²) in [6.07, 6.45) is 6.38. The second kappa shape index (κ2) is 4.70. The summed E-state index contributed by atoms with van der Waals surface area (Å²) in [5, 5.41) is 12.2. The van der Waals surface area contributed by atoms with Crippen LogP contribution in [0, 0.1) is 17.8 Å². The zero-order valence-electron chi connectivity index (χ0n) is 10.9. The lowest BCUT2D eigenvalue weighted by atomic mass is 9.88. The number of nitrogens with zero attached hydrogens (tertiary/aromatic N) is 2. The Bertz CT molecular complexity index is 622. The molecule has 0 aliphatic heterocycles. The zero-order chi connectivity index (χ0) is 13.5. The van der Waals surface area contributed by atoms with Gasteiger partial charge in [-0.3, -0.25) is 4.79 Å². The van der Waals surface area contributed by atoms with Crippen molar-refractivity contribution >= 4 is 22.4 Å². The van der Waals surface area contributed by atoms with E-state index < -0.39 is 0 Å². The molecule has 104 valence electrons. The highest BCUT2D eigenvalue weighted by Gasteiger charge is 2.43. The summed E-state index contributed by atoms with van der Waals surface area (Å²) in [6.45, 7) is 0. The van der Waals surface area contributed by atoms with Crippen LogP contribution in [0.1, 0.15) is 25.7 Å². The van der Waals surface area contributed by atoms with Crippen LogP contribution in [-0.2, 0) is 4.79 Å². The Balaban J connectivity index is 1.45. The van der Waals surface area contributed by atoms with Gasteiger partial charge in [-0.2, -0.15) is 0 Å². The van der Waals surface area contributed by atoms with Crippen LogP contribution in [0.5, 0.6) is 0 Å². The zero-order valence-corrected chi connectivity index (χ0v) is 11.7. The average molecular weight is 289 g/mol. The van der Waals surface area contributed by atoms with Crippen LogP contribution < -0.4 is 5.32 Å². The number of rotatable bonds is 3. The molecule has 2 saturated carbocycles. The maximum atomic E-state index is 12.3. The maximum Gasteiger partial charge on any atom is 0.229 e. The Morgan fingerprint density at radius 3 is 3.00 bits per heavy atom. The standard InChI is InChI=1S/C14H15N3O2S/c18-12(10-7-8-3-4-9(10)6-8)15-14-17-16-13(20-14)11-2-1-5-19-11/h1-2,5,8-10H,3-4,6-7H2,(H,15,17,18)/t8-,9-,10-/m0/s1. The molecule has 1 N–H and O–H groups in total. The Labute approximate surface area is 120 Å². The van der Waals surface area contributed by atoms with Gasteiger partial charge in [0.2, 0.25) is 11.0 Å². The molecule has 0 spiro atoms. The smallest absolute Gasteiger partial charge is 0.229 e. The Kier molecular flexibility index (Phi) is 2.84. The van der Waals surface area contributed by atoms with Crippen molar-refractivity contribution in [2.75, 3.05) is 5.32 Å². The molecule has 0 unspecified atom stereocenters. The third kappa shape index (κ3) is 2.04. The topological polar surface area (TPSA) is 68.0 Å². The van der Waals surface area contributed by atoms with Gasteiger partial charge in [0, 0.05) is 5.92 Å². The Morgan fingerprint density at radius 1 is 1.35 bits per heavy atom. The van der Waals surface area contributed by atoms with Crippen LogP contribution in [0.3, 0.4) is 0 Å². The average Bonchev–Trinajstić information content (AvgIpc) is 3.22. The molecule has 0 radical (unpaired) electrons. The fourth-order valence-electron chi connectivity index (χ4n) is 3.54. The molecular weight excluding hydrogens is 274 g/mol. The first-order valence-corrected chi connectivity index (χ1v) is 7.79. The molecule has 2 bridgehead atoms. The molecule has 1 amide bonds. The van der Waals surface area contributed by atoms with E-state index >= 15 is 0 Å². The van der Waals surface area contributed by atoms with Crippen LogP contribution in [0.4, 0.5) is 5.13 Å². The minimum Gasteiger partial charge on any atom is -0.462 e. The van der Waals surface area contributed by atoms with Crippen molar-refractivity contribution in [2.45, 2.75) is 25.7 Å². The number of carbonyl (C=O) groups is 1. The molecule has 2 aliphatic rings. The van der Waals surface area contributed by atoms with Gasteiger partial charge in [-0.1, -0.05) is 17.8 Å². The largest absolute Gasteiger partial charge is 0.462 e. The maximum absolute atomic E-state index is 12.3. The highest BCUT2D eigenvalue weighted by molar-refractivity contribution is 7.18. The quantitative estimate of drug-likeness (QED) is 0.942. The molecule has 2 aromatic heterocycles. The minimum atomic E-state index is 0.111. The molecule has 4 rings (SSSR count). The summed E-state index contributed by atoms with van der Waals surface area (Å²) in [7, 11) is 0. The number of fused-ring (bicyclic) bond motifs is 2. The number of anilines is 1. The van der Waals surface area contributed by atoms with Gasteiger partial charge in [0.05, 0.1) is 6.26 Å². The van der Waals surface area contributed by atoms with Crippen molar-refractivity contribution in [3.63, 3.8) is 0 Å². The molecule has 2 fully saturated rings. The normalized spacial score (nSPS) is 27.9. The van der Waals surface area contributed by atoms with E-state index in [1.165, 1.54) is 30.6 Å². The third-order valence-electron chi connectivity index (χ3n) is 4.46. The van der Waals surface area contributed by atoms with Gasteiger partial charge in [0.15, 0.2) is 10.8 Å². The Morgan fingerprint density at radius 2 is 2.30 bits per heavy atom. The summed E-state index contributed by atoms with van der Waals surface area (Å²) in [5.74, 6) is 2.31. The van der Waals surface area contributed by atoms with Crippen molar-refractivity contribution in [3.05, 3.63) is 18.4 Å². The molecule has 2 aromatic rings. The SMILES string of the molecule is O=C(Nc1nnc(-c2ccco2)s1)[C@H]1C[C@H]2CC[C@H]1C2. The monoisotopic (exact) mass is 289 g/mol. The van der Waals surface area contributed by atoms with E-state index in [4.69, 9.17) is 4.42 Å². The Hall–Kier alpha value is -1.69. The minimum absolute atomic E-state index is 0.111. The highest BCUT2D eigenvalue weighted by atomic mass is 32.1. The number of carbonyl (C=O) groups excluding carboxylic acids is 1. The first kappa shape index (κ1) is 12.1. The first-order chi connectivity index (χ1) is 9.79. The van der Waals surface area contributed by atoms with E-state index in [9.17, 15) is 4.79 Å². The molecule has 2 aliphatic carbocycles. The number of nitrogens with one attached hydrogen (secondary N) is 1. The summed E-state index contributed by atoms with van der Waals surface area (Å²) in [6, 6.07) is 3.65. The van der Waals surface area contributed by atoms with E-state index in [0.717, 1.165) is 12.3 Å². The predicted molar refractivity (Wildman–Crippen MR) is 75.2 cm³/mol. The van der Waals surface area contributed by atoms with Crippen LogP contribution in [0.15, 0.2) is 22.8 Å². The summed E-state index contributed by atoms with van der Waals surface area (Å²) in [5.41, 5.74) is 0. The lowest BCUT2D eigenvalue weighted by Gasteiger charge is -2.19. The van der Waals surface area contributed by atoms with Gasteiger partial charge in [0.1, 0.15) is 0 Å². The molecular formula is C14H15N3O2S. The predicted octanol–water partition coefficient (Wildman–Crippen LogP) is 3.17. The van der Waals surface area contributed by atoms with Gasteiger partial charge < -0.3 is 9.73 Å². The fourth-order valence-corrected chi connectivity index (χ4v) is 4.25. The lowest BCUT2D eigenvalue weighted by molar-refractivity contribution is -0.121. The number of amides is 1. The van der Waals surface area contributed by atoms with E-state index in [-0.39, 0.29) is 11.8 Å². The van der Waals surface area contributed by atoms with Gasteiger partial charge >= 0.3 is 0 Å². The van der Waals surface area contributed by atoms with Crippen LogP contribution in [0.2, 0.25) is 0 Å². The summed E-state index contributed by atoms with van der Waals surface area (Å²) < 4.78 is 5.27. The summed E-state index contributed by atoms with van der Waals surface area (Å²) >= 11 is 1.35. The number of aromatic nitrogens is 2. The second-order valence-corrected chi connectivity index (χ2v) is 6.64. The molecule has 0 aromatic carbocycles. The van der Waals surface area contributed by atoms with Crippen LogP contribution in [0.25, 0.3) is 10.8 Å². The number of hydrogen-bond acceptors (Lipinski definition) is 5. The van der Waals surface area contributed by atoms with E-state index in [2.05, 4.69) is 15.5 Å². The van der Waals surface area contributed by atoms with E-state index in [0.29, 0.717) is 21.8 Å². The first-order valence-electron chi connectivity index (χ1n) is 6.98. The second-order valence-electron chi connectivity index (χ2n) is 5.66. The fraction of sp³-hybridized carbons (Fsp3) is 0.500. The van der Waals surface area contributed by atoms with Crippen molar-refractivity contribution < 1.29 is 9.21 Å². The van der Waals surface area contributed by atoms with Crippen molar-refractivity contribution in [1.82, 2.24) is 10.2 Å². The van der Waals surface area contributed by atoms with Gasteiger partial charge in [0.25, 0.3) is 0 Å². The van der Waals surface area contributed by atoms with Crippen molar-refractivity contribution in [2.24, 2.45) is 17.8 Å². The van der Waals surface area contributed by atoms with Crippen LogP contribution in [-0.4, -0.2) is 16.1 Å². The summed E-state index contributed by atoms with van der Waals surface area (Å²) in [4.78, 5) is 12.3. The van der Waals surface area contributed by atoms with Crippen molar-refractivity contribution in [1.29, 1.82) is 0 Å². The van der Waals surface area contributed by atoms with E-state index in [1.807, 2.05) is 12.1 Å². The van der Waals surface area contributed by atoms with E-state index in [1.54, 1.807) is 6.26 Å². The number of furan rings is 1.